The second-order valence-electron chi connectivity index (χ2n) is 16.3. The highest BCUT2D eigenvalue weighted by atomic mass is 16.6. The highest BCUT2D eigenvalue weighted by molar-refractivity contribution is 6.03. The lowest BCUT2D eigenvalue weighted by atomic mass is 9.94. The number of rotatable bonds is 25. The molecule has 0 aromatic heterocycles. The quantitative estimate of drug-likeness (QED) is 0.0670. The molecule has 2 heterocycles. The van der Waals surface area contributed by atoms with E-state index in [2.05, 4.69) is 32.3 Å². The molecule has 0 radical (unpaired) electrons. The van der Waals surface area contributed by atoms with Gasteiger partial charge in [0.25, 0.3) is 5.91 Å². The number of nitrogens with two attached hydrogens (primary N) is 2. The number of anilines is 1. The topological polar surface area (TPSA) is 268 Å². The van der Waals surface area contributed by atoms with Crippen molar-refractivity contribution in [1.29, 1.82) is 0 Å². The third-order valence-electron chi connectivity index (χ3n) is 11.0. The van der Waals surface area contributed by atoms with Crippen LogP contribution in [0.3, 0.4) is 0 Å². The van der Waals surface area contributed by atoms with Crippen LogP contribution in [0.25, 0.3) is 0 Å². The van der Waals surface area contributed by atoms with Gasteiger partial charge in [-0.1, -0.05) is 50.2 Å². The number of carbonyl (C=O) groups is 6. The molecule has 0 saturated carbocycles. The fraction of sp³-hybridized carbons (Fsp3) is 0.468. The van der Waals surface area contributed by atoms with Crippen LogP contribution >= 0.6 is 0 Å². The second kappa shape index (κ2) is 25.8. The minimum absolute atomic E-state index is 0.0157. The number of primary amides is 1. The summed E-state index contributed by atoms with van der Waals surface area (Å²) in [5, 5.41) is 10.8. The first kappa shape index (κ1) is 51.2. The van der Waals surface area contributed by atoms with Crippen LogP contribution in [-0.4, -0.2) is 137 Å². The van der Waals surface area contributed by atoms with Crippen LogP contribution in [0.1, 0.15) is 60.2 Å². The maximum Gasteiger partial charge on any atom is 0.409 e. The number of nitrogens with one attached hydrogen (secondary N) is 4. The molecule has 3 aromatic rings. The van der Waals surface area contributed by atoms with E-state index < -0.39 is 41.9 Å². The van der Waals surface area contributed by atoms with Gasteiger partial charge in [0.1, 0.15) is 25.3 Å². The predicted octanol–water partition coefficient (Wildman–Crippen LogP) is 3.02. The molecular weight excluding hydrogens is 867 g/mol. The normalized spacial score (nSPS) is 14.6. The number of carbonyl (C=O) groups excluding carboxylic acids is 6. The summed E-state index contributed by atoms with van der Waals surface area (Å²) in [6.07, 6.45) is 2.35. The molecule has 0 aliphatic carbocycles. The van der Waals surface area contributed by atoms with Gasteiger partial charge >= 0.3 is 12.1 Å². The van der Waals surface area contributed by atoms with Gasteiger partial charge in [0.05, 0.1) is 57.4 Å². The Kier molecular flexibility index (Phi) is 19.7. The molecule has 3 aromatic carbocycles. The summed E-state index contributed by atoms with van der Waals surface area (Å²) >= 11 is 0. The summed E-state index contributed by atoms with van der Waals surface area (Å²) in [6.45, 7) is 5.97. The Bertz CT molecular complexity index is 2200. The van der Waals surface area contributed by atoms with Gasteiger partial charge in [-0.25, -0.2) is 9.59 Å². The van der Waals surface area contributed by atoms with Crippen molar-refractivity contribution in [2.45, 2.75) is 70.8 Å². The summed E-state index contributed by atoms with van der Waals surface area (Å²) in [5.41, 5.74) is 14.8. The van der Waals surface area contributed by atoms with E-state index in [-0.39, 0.29) is 63.6 Å². The largest absolute Gasteiger partial charge is 0.493 e. The number of methoxy groups -OCH3 is 1. The minimum Gasteiger partial charge on any atom is -0.493 e. The molecule has 2 unspecified atom stereocenters. The molecule has 5 rings (SSSR count). The first-order chi connectivity index (χ1) is 32.3. The van der Waals surface area contributed by atoms with Crippen molar-refractivity contribution in [3.63, 3.8) is 0 Å². The molecule has 0 fully saturated rings. The molecule has 20 heteroatoms. The lowest BCUT2D eigenvalue weighted by Crippen LogP contribution is -2.54. The third kappa shape index (κ3) is 15.4. The van der Waals surface area contributed by atoms with Gasteiger partial charge < -0.3 is 66.2 Å². The Morgan fingerprint density at radius 1 is 0.910 bits per heavy atom. The highest BCUT2D eigenvalue weighted by Gasteiger charge is 2.34. The van der Waals surface area contributed by atoms with Gasteiger partial charge in [-0.05, 0) is 60.1 Å². The van der Waals surface area contributed by atoms with Crippen molar-refractivity contribution in [2.24, 2.45) is 22.4 Å². The van der Waals surface area contributed by atoms with E-state index in [1.165, 1.54) is 17.6 Å². The van der Waals surface area contributed by atoms with E-state index in [1.54, 1.807) is 63.5 Å². The fourth-order valence-corrected chi connectivity index (χ4v) is 7.28. The van der Waals surface area contributed by atoms with Crippen LogP contribution in [0.15, 0.2) is 65.7 Å². The van der Waals surface area contributed by atoms with E-state index in [4.69, 9.17) is 35.2 Å². The molecule has 362 valence electrons. The molecule has 0 spiro atoms. The number of urea groups is 1. The molecule has 20 nitrogen and oxygen atoms in total. The number of nitrogens with zero attached hydrogens (tertiary/aromatic N) is 3. The van der Waals surface area contributed by atoms with E-state index in [9.17, 15) is 28.8 Å². The summed E-state index contributed by atoms with van der Waals surface area (Å²) in [5.74, 6) is -1.20. The van der Waals surface area contributed by atoms with E-state index >= 15 is 0 Å². The SMILES string of the molecule is COc1cc2c(cc1OCCN(C)C(=O)OCc1ccc(NC(=O)[C@H](CCCNC(N)=O)NC(=O)C(NC(=O)CCOCCOCCN)C(C)C)cc1)N=CC1Cc3ccccc3CN1C2=O. The van der Waals surface area contributed by atoms with Crippen molar-refractivity contribution in [1.82, 2.24) is 25.8 Å². The Hall–Kier alpha value is -6.77. The number of ether oxygens (including phenoxy) is 5. The molecule has 0 bridgehead atoms. The number of likely N-dealkylation sites (N-methyl/N-ethyl adjacent to an activating group) is 1. The van der Waals surface area contributed by atoms with Crippen molar-refractivity contribution in [3.05, 3.63) is 82.9 Å². The molecule has 7 amide bonds. The van der Waals surface area contributed by atoms with E-state index in [0.29, 0.717) is 79.8 Å². The van der Waals surface area contributed by atoms with Crippen LogP contribution < -0.4 is 42.2 Å². The fourth-order valence-electron chi connectivity index (χ4n) is 7.28. The standard InChI is InChI=1S/C47H63N9O11/c1-30(2)42(54-41(57)15-19-64-22-23-65-20-16-48)44(59)53-37(10-7-17-50-46(49)61)43(58)52-34-13-11-31(12-14-34)29-67-47(62)55(3)18-21-66-40-26-38-36(25-39(40)63-4)45(60)56-28-33-9-6-5-8-32(33)24-35(56)27-51-38/h5-6,8-9,11-14,25-27,30,35,37,42H,7,10,15-24,28-29,48H2,1-4H3,(H,52,58)(H,53,59)(H,54,57)(H3,49,50,61)/t35?,37-,42?/m0/s1. The van der Waals surface area contributed by atoms with Crippen molar-refractivity contribution < 1.29 is 52.5 Å². The summed E-state index contributed by atoms with van der Waals surface area (Å²) in [7, 11) is 3.07. The lowest BCUT2D eigenvalue weighted by Gasteiger charge is -2.34. The summed E-state index contributed by atoms with van der Waals surface area (Å²) in [6, 6.07) is 15.1. The molecule has 2 aliphatic rings. The van der Waals surface area contributed by atoms with Gasteiger partial charge in [-0.15, -0.1) is 0 Å². The summed E-state index contributed by atoms with van der Waals surface area (Å²) < 4.78 is 27.8. The van der Waals surface area contributed by atoms with Crippen molar-refractivity contribution in [2.75, 3.05) is 72.1 Å². The molecule has 3 atom stereocenters. The first-order valence-corrected chi connectivity index (χ1v) is 22.3. The Labute approximate surface area is 390 Å². The maximum atomic E-state index is 13.7. The first-order valence-electron chi connectivity index (χ1n) is 22.3. The maximum absolute atomic E-state index is 13.7. The number of fused-ring (bicyclic) bond motifs is 3. The molecule has 2 aliphatic heterocycles. The molecule has 8 N–H and O–H groups in total. The van der Waals surface area contributed by atoms with Gasteiger partial charge in [-0.3, -0.25) is 24.2 Å². The molecular formula is C47H63N9O11. The van der Waals surface area contributed by atoms with Gasteiger partial charge in [-0.2, -0.15) is 0 Å². The zero-order valence-corrected chi connectivity index (χ0v) is 38.5. The number of amides is 7. The zero-order valence-electron chi connectivity index (χ0n) is 38.5. The van der Waals surface area contributed by atoms with Crippen LogP contribution in [0.4, 0.5) is 21.0 Å². The Balaban J connectivity index is 1.09. The molecule has 0 saturated heterocycles. The van der Waals surface area contributed by atoms with Crippen LogP contribution in [0, 0.1) is 5.92 Å². The van der Waals surface area contributed by atoms with Gasteiger partial charge in [0.2, 0.25) is 17.7 Å². The van der Waals surface area contributed by atoms with Crippen LogP contribution in [0.5, 0.6) is 11.5 Å². The Morgan fingerprint density at radius 3 is 2.34 bits per heavy atom. The van der Waals surface area contributed by atoms with E-state index in [1.807, 2.05) is 23.1 Å². The predicted molar refractivity (Wildman–Crippen MR) is 249 cm³/mol. The number of benzene rings is 3. The van der Waals surface area contributed by atoms with Gasteiger partial charge in [0, 0.05) is 51.1 Å². The second-order valence-corrected chi connectivity index (χ2v) is 16.3. The number of hydrogen-bond donors (Lipinski definition) is 6. The van der Waals surface area contributed by atoms with Crippen molar-refractivity contribution in [3.8, 4) is 11.5 Å². The smallest absolute Gasteiger partial charge is 0.409 e. The third-order valence-corrected chi connectivity index (χ3v) is 11.0. The van der Waals surface area contributed by atoms with E-state index in [0.717, 1.165) is 5.56 Å². The van der Waals surface area contributed by atoms with Crippen LogP contribution in [0.2, 0.25) is 0 Å². The summed E-state index contributed by atoms with van der Waals surface area (Å²) in [4.78, 5) is 85.4. The zero-order chi connectivity index (χ0) is 48.3. The minimum atomic E-state index is -1.03. The lowest BCUT2D eigenvalue weighted by molar-refractivity contribution is -0.132. The van der Waals surface area contributed by atoms with Gasteiger partial charge in [0.15, 0.2) is 11.5 Å². The number of hydrogen-bond acceptors (Lipinski definition) is 13. The average Bonchev–Trinajstić information content (AvgIpc) is 3.44. The van der Waals surface area contributed by atoms with Crippen LogP contribution in [-0.2, 0) is 48.2 Å². The van der Waals surface area contributed by atoms with Crippen molar-refractivity contribution >= 4 is 53.3 Å². The molecule has 67 heavy (non-hydrogen) atoms. The monoisotopic (exact) mass is 929 g/mol. The number of aliphatic imine (C=N–C) groups is 1. The Morgan fingerprint density at radius 2 is 1.64 bits per heavy atom. The average molecular weight is 930 g/mol. The highest BCUT2D eigenvalue weighted by Crippen LogP contribution is 2.38.